The molecular weight excluding hydrogens is 1010 g/mol. The lowest BCUT2D eigenvalue weighted by Crippen LogP contribution is -2.57. The van der Waals surface area contributed by atoms with E-state index in [4.69, 9.17) is 0 Å². The Hall–Kier alpha value is -6.65. The first kappa shape index (κ1) is 53.7. The number of H-pyrrole nitrogens is 2. The Labute approximate surface area is 447 Å². The fourth-order valence-corrected chi connectivity index (χ4v) is 12.0. The summed E-state index contributed by atoms with van der Waals surface area (Å²) in [5.74, 6) is -2.83. The minimum atomic E-state index is -3.49. The molecule has 0 radical (unpaired) electrons. The minimum absolute atomic E-state index is 0.000819. The monoisotopic (exact) mass is 1080 g/mol. The Morgan fingerprint density at radius 1 is 0.870 bits per heavy atom. The smallest absolute Gasteiger partial charge is 0.246 e. The van der Waals surface area contributed by atoms with Crippen LogP contribution >= 0.6 is 0 Å². The van der Waals surface area contributed by atoms with Gasteiger partial charge < -0.3 is 35.1 Å². The highest BCUT2D eigenvalue weighted by Gasteiger charge is 2.44. The van der Waals surface area contributed by atoms with E-state index in [1.54, 1.807) is 23.4 Å². The van der Waals surface area contributed by atoms with Gasteiger partial charge in [-0.05, 0) is 72.1 Å². The summed E-state index contributed by atoms with van der Waals surface area (Å²) in [6.07, 6.45) is 5.85. The number of halogens is 3. The van der Waals surface area contributed by atoms with Crippen LogP contribution in [0.5, 0.6) is 0 Å². The molecule has 17 nitrogen and oxygen atoms in total. The van der Waals surface area contributed by atoms with Crippen molar-refractivity contribution in [2.75, 3.05) is 81.3 Å². The third-order valence-electron chi connectivity index (χ3n) is 15.5. The van der Waals surface area contributed by atoms with Gasteiger partial charge in [0.2, 0.25) is 28.5 Å². The lowest BCUT2D eigenvalue weighted by molar-refractivity contribution is -0.141. The van der Waals surface area contributed by atoms with Crippen molar-refractivity contribution in [3.63, 3.8) is 0 Å². The molecule has 4 atom stereocenters. The van der Waals surface area contributed by atoms with Gasteiger partial charge in [-0.1, -0.05) is 63.2 Å². The van der Waals surface area contributed by atoms with Gasteiger partial charge in [0.1, 0.15) is 35.2 Å². The molecule has 3 aromatic heterocycles. The number of rotatable bonds is 16. The fourth-order valence-electron chi connectivity index (χ4n) is 11.3. The highest BCUT2D eigenvalue weighted by molar-refractivity contribution is 7.73. The number of hydrazine groups is 1. The molecule has 7 heterocycles. The van der Waals surface area contributed by atoms with Gasteiger partial charge >= 0.3 is 0 Å². The molecular formula is C56H66F3N11O6S. The standard InChI is InChI=1S/C56H66F3N11O6S/c1-56(2,3)52(55(74)69-33-42(71)27-47(69)54-61-29-40(63-54)25-35-7-5-4-6-8-35)64-48(72)34-66-23-21-65(22-24-66)31-36-15-18-67(19-16-36)41-11-9-37(10-12-41)38-26-43-44(30-62-53(43)60-28-38)51(73)49-45(58)13-14-46(50(49)59)70(77(75)76)68-20-17-39(57)32-68/h4-14,26,28-30,36,39,42,47,52,71,77H,15-25,27,31-34H2,1-3H3,(H,60,62)(H,61,63)(H,64,72)/t39-,42-,47+,52-/m1/s1. The Kier molecular flexibility index (Phi) is 15.9. The normalized spacial score (nSPS) is 20.6. The van der Waals surface area contributed by atoms with Crippen LogP contribution in [0, 0.1) is 23.0 Å². The molecule has 6 aromatic rings. The van der Waals surface area contributed by atoms with Crippen molar-refractivity contribution in [2.45, 2.75) is 77.2 Å². The van der Waals surface area contributed by atoms with Gasteiger partial charge in [0.25, 0.3) is 0 Å². The zero-order valence-electron chi connectivity index (χ0n) is 43.5. The first-order valence-corrected chi connectivity index (χ1v) is 27.6. The molecule has 0 bridgehead atoms. The van der Waals surface area contributed by atoms with Crippen LogP contribution in [0.15, 0.2) is 91.4 Å². The van der Waals surface area contributed by atoms with E-state index in [9.17, 15) is 32.3 Å². The lowest BCUT2D eigenvalue weighted by atomic mass is 9.85. The van der Waals surface area contributed by atoms with Crippen LogP contribution in [-0.2, 0) is 26.9 Å². The van der Waals surface area contributed by atoms with Gasteiger partial charge in [0, 0.05) is 118 Å². The number of nitrogens with one attached hydrogen (secondary N) is 3. The highest BCUT2D eigenvalue weighted by atomic mass is 32.2. The number of pyridine rings is 1. The first-order valence-electron chi connectivity index (χ1n) is 26.5. The SMILES string of the molecule is CC(C)(C)[C@H](NC(=O)CN1CCN(CC2CCN(c3ccc(-c4cnc5[nH]cc(C(=O)c6c(F)ccc(N(N7CC[C@@H](F)C7)[SH](=O)=O)c6F)c5c4)cc3)CC2)CC1)C(=O)N1C[C@H](O)C[C@H]1c1ncc(Cc2ccccc2)[nH]1. The number of aromatic nitrogens is 4. The van der Waals surface area contributed by atoms with E-state index in [2.05, 4.69) is 52.1 Å². The zero-order chi connectivity index (χ0) is 54.1. The summed E-state index contributed by atoms with van der Waals surface area (Å²) in [4.78, 5) is 65.9. The third-order valence-corrected chi connectivity index (χ3v) is 16.3. The number of alkyl halides is 1. The number of likely N-dealkylation sites (tertiary alicyclic amines) is 1. The van der Waals surface area contributed by atoms with E-state index < -0.39 is 69.3 Å². The number of benzene rings is 3. The van der Waals surface area contributed by atoms with Crippen LogP contribution in [0.2, 0.25) is 0 Å². The molecule has 21 heteroatoms. The van der Waals surface area contributed by atoms with Crippen molar-refractivity contribution in [3.8, 4) is 11.1 Å². The molecule has 10 rings (SSSR count). The van der Waals surface area contributed by atoms with E-state index in [-0.39, 0.29) is 50.0 Å². The number of carbonyl (C=O) groups is 3. The molecule has 3 aromatic carbocycles. The average Bonchev–Trinajstić information content (AvgIpc) is 4.26. The number of imidazole rings is 1. The summed E-state index contributed by atoms with van der Waals surface area (Å²) >= 11 is 0. The molecule has 4 aliphatic heterocycles. The molecule has 0 aliphatic carbocycles. The Bertz CT molecular complexity index is 3160. The summed E-state index contributed by atoms with van der Waals surface area (Å²) in [6.45, 7) is 11.8. The van der Waals surface area contributed by atoms with Crippen LogP contribution < -0.4 is 14.6 Å². The maximum Gasteiger partial charge on any atom is 0.246 e. The number of anilines is 2. The van der Waals surface area contributed by atoms with Gasteiger partial charge in [-0.3, -0.25) is 19.3 Å². The number of aliphatic hydroxyl groups excluding tert-OH is 1. The number of hydrogen-bond donors (Lipinski definition) is 5. The van der Waals surface area contributed by atoms with Crippen LogP contribution in [0.3, 0.4) is 0 Å². The highest BCUT2D eigenvalue weighted by Crippen LogP contribution is 2.36. The van der Waals surface area contributed by atoms with E-state index in [1.807, 2.05) is 63.2 Å². The summed E-state index contributed by atoms with van der Waals surface area (Å²) in [5.41, 5.74) is 2.80. The number of nitrogens with zero attached hydrogens (tertiary/aromatic N) is 8. The topological polar surface area (TPSA) is 194 Å². The molecule has 4 saturated heterocycles. The molecule has 4 aliphatic rings. The number of piperidine rings is 1. The number of aliphatic hydroxyl groups is 1. The first-order chi connectivity index (χ1) is 37.0. The average molecular weight is 1080 g/mol. The summed E-state index contributed by atoms with van der Waals surface area (Å²) in [5, 5.41) is 15.3. The van der Waals surface area contributed by atoms with Crippen molar-refractivity contribution in [1.82, 2.24) is 45.0 Å². The number of amides is 2. The zero-order valence-corrected chi connectivity index (χ0v) is 44.4. The number of piperazine rings is 1. The molecule has 0 spiro atoms. The second-order valence-electron chi connectivity index (χ2n) is 22.0. The van der Waals surface area contributed by atoms with Crippen molar-refractivity contribution in [1.29, 1.82) is 0 Å². The Balaban J connectivity index is 0.698. The predicted octanol–water partition coefficient (Wildman–Crippen LogP) is 6.04. The summed E-state index contributed by atoms with van der Waals surface area (Å²) in [7, 11) is -3.49. The maximum atomic E-state index is 16.1. The van der Waals surface area contributed by atoms with Crippen molar-refractivity contribution >= 4 is 50.9 Å². The summed E-state index contributed by atoms with van der Waals surface area (Å²) in [6, 6.07) is 20.3. The van der Waals surface area contributed by atoms with E-state index in [0.717, 1.165) is 98.3 Å². The number of thiol groups is 1. The number of hydrogen-bond acceptors (Lipinski definition) is 12. The number of carbonyl (C=O) groups excluding carboxylic acids is 3. The predicted molar refractivity (Wildman–Crippen MR) is 287 cm³/mol. The van der Waals surface area contributed by atoms with Crippen molar-refractivity contribution in [3.05, 3.63) is 131 Å². The van der Waals surface area contributed by atoms with Gasteiger partial charge in [-0.15, -0.1) is 0 Å². The molecule has 0 unspecified atom stereocenters. The van der Waals surface area contributed by atoms with Gasteiger partial charge in [0.05, 0.1) is 30.8 Å². The second kappa shape index (κ2) is 22.7. The van der Waals surface area contributed by atoms with E-state index >= 15 is 8.78 Å². The van der Waals surface area contributed by atoms with Gasteiger partial charge in [0.15, 0.2) is 5.82 Å². The van der Waals surface area contributed by atoms with Crippen molar-refractivity contribution in [2.24, 2.45) is 11.3 Å². The summed E-state index contributed by atoms with van der Waals surface area (Å²) < 4.78 is 70.5. The maximum absolute atomic E-state index is 16.1. The third kappa shape index (κ3) is 11.9. The molecule has 4 N–H and O–H groups in total. The number of fused-ring (bicyclic) bond motifs is 1. The lowest BCUT2D eigenvalue weighted by Gasteiger charge is -2.39. The Morgan fingerprint density at radius 3 is 2.29 bits per heavy atom. The second-order valence-corrected chi connectivity index (χ2v) is 22.9. The molecule has 4 fully saturated rings. The Morgan fingerprint density at radius 2 is 1.60 bits per heavy atom. The van der Waals surface area contributed by atoms with Crippen LogP contribution in [0.4, 0.5) is 24.5 Å². The van der Waals surface area contributed by atoms with Gasteiger partial charge in [-0.2, -0.15) is 4.41 Å². The van der Waals surface area contributed by atoms with Crippen LogP contribution in [-0.4, -0.2) is 161 Å². The molecule has 77 heavy (non-hydrogen) atoms. The molecule has 2 amide bonds. The fraction of sp³-hybridized carbons (Fsp3) is 0.446. The molecule has 408 valence electrons. The quantitative estimate of drug-likeness (QED) is 0.0558. The number of β-amino-alcohol motifs (C(OH)–C–C–N with tert-alkyl or cyclic N) is 1. The van der Waals surface area contributed by atoms with E-state index in [0.29, 0.717) is 45.6 Å². The largest absolute Gasteiger partial charge is 0.391 e. The molecule has 0 saturated carbocycles. The number of aromatic amines is 2. The van der Waals surface area contributed by atoms with Crippen molar-refractivity contribution < 1.29 is 41.1 Å². The minimum Gasteiger partial charge on any atom is -0.391 e. The van der Waals surface area contributed by atoms with Crippen LogP contribution in [0.1, 0.15) is 85.5 Å². The number of ketones is 1. The van der Waals surface area contributed by atoms with E-state index in [1.165, 1.54) is 6.20 Å². The van der Waals surface area contributed by atoms with Crippen LogP contribution in [0.25, 0.3) is 22.2 Å². The van der Waals surface area contributed by atoms with Gasteiger partial charge in [-0.25, -0.2) is 36.6 Å².